The summed E-state index contributed by atoms with van der Waals surface area (Å²) in [4.78, 5) is 14.8. The zero-order valence-corrected chi connectivity index (χ0v) is 12.0. The van der Waals surface area contributed by atoms with Gasteiger partial charge >= 0.3 is 0 Å². The van der Waals surface area contributed by atoms with Crippen molar-refractivity contribution in [3.8, 4) is 5.88 Å². The maximum atomic E-state index is 10.6. The van der Waals surface area contributed by atoms with Crippen molar-refractivity contribution in [1.29, 1.82) is 0 Å². The van der Waals surface area contributed by atoms with Crippen LogP contribution in [0.2, 0.25) is 0 Å². The molecule has 20 heavy (non-hydrogen) atoms. The summed E-state index contributed by atoms with van der Waals surface area (Å²) in [5.41, 5.74) is 1.24. The molecular formula is C17H23NO2. The lowest BCUT2D eigenvalue weighted by Gasteiger charge is -2.38. The van der Waals surface area contributed by atoms with Crippen molar-refractivity contribution in [2.75, 3.05) is 6.61 Å². The second-order valence-corrected chi connectivity index (χ2v) is 6.53. The van der Waals surface area contributed by atoms with Crippen molar-refractivity contribution in [3.05, 3.63) is 23.9 Å². The maximum absolute atomic E-state index is 10.6. The molecule has 0 aliphatic heterocycles. The highest BCUT2D eigenvalue weighted by atomic mass is 16.5. The lowest BCUT2D eigenvalue weighted by atomic mass is 9.69. The minimum atomic E-state index is 0.597. The third-order valence-electron chi connectivity index (χ3n) is 5.07. The first-order valence-electron chi connectivity index (χ1n) is 7.84. The van der Waals surface area contributed by atoms with Gasteiger partial charge in [0.15, 0.2) is 6.29 Å². The number of rotatable bonds is 4. The van der Waals surface area contributed by atoms with Crippen molar-refractivity contribution >= 4 is 6.29 Å². The summed E-state index contributed by atoms with van der Waals surface area (Å²) in [6.45, 7) is 0.773. The van der Waals surface area contributed by atoms with Crippen LogP contribution in [0, 0.1) is 11.3 Å². The molecule has 3 nitrogen and oxygen atoms in total. The maximum Gasteiger partial charge on any atom is 0.213 e. The van der Waals surface area contributed by atoms with Crippen LogP contribution in [0.3, 0.4) is 0 Å². The van der Waals surface area contributed by atoms with Crippen LogP contribution in [0.5, 0.6) is 5.88 Å². The third-order valence-corrected chi connectivity index (χ3v) is 5.07. The number of aromatic nitrogens is 1. The number of pyridine rings is 1. The number of carbonyl (C=O) groups excluding carboxylic acids is 1. The molecule has 1 spiro atoms. The predicted octanol–water partition coefficient (Wildman–Crippen LogP) is 4.02. The SMILES string of the molecule is O=Cc1ccc(OCC2CCCC3(CCCC3)C2)nc1. The van der Waals surface area contributed by atoms with Gasteiger partial charge in [0.2, 0.25) is 5.88 Å². The lowest BCUT2D eigenvalue weighted by Crippen LogP contribution is -2.29. The van der Waals surface area contributed by atoms with Gasteiger partial charge in [-0.15, -0.1) is 0 Å². The Balaban J connectivity index is 1.53. The Bertz CT molecular complexity index is 449. The average molecular weight is 273 g/mol. The number of hydrogen-bond donors (Lipinski definition) is 0. The molecule has 3 heteroatoms. The van der Waals surface area contributed by atoms with Gasteiger partial charge in [0.05, 0.1) is 6.61 Å². The molecular weight excluding hydrogens is 250 g/mol. The first-order chi connectivity index (χ1) is 9.80. The largest absolute Gasteiger partial charge is 0.477 e. The van der Waals surface area contributed by atoms with E-state index in [9.17, 15) is 4.79 Å². The monoisotopic (exact) mass is 273 g/mol. The van der Waals surface area contributed by atoms with Crippen molar-refractivity contribution in [2.45, 2.75) is 51.4 Å². The van der Waals surface area contributed by atoms with Gasteiger partial charge in [-0.05, 0) is 49.5 Å². The second kappa shape index (κ2) is 5.94. The first-order valence-corrected chi connectivity index (χ1v) is 7.84. The zero-order chi connectivity index (χ0) is 13.8. The Kier molecular flexibility index (Phi) is 4.04. The summed E-state index contributed by atoms with van der Waals surface area (Å²) in [5.74, 6) is 1.32. The summed E-state index contributed by atoms with van der Waals surface area (Å²) in [6, 6.07) is 3.55. The molecule has 1 atom stereocenters. The van der Waals surface area contributed by atoms with E-state index in [-0.39, 0.29) is 0 Å². The molecule has 0 aromatic carbocycles. The van der Waals surface area contributed by atoms with E-state index in [1.165, 1.54) is 51.4 Å². The average Bonchev–Trinajstić information content (AvgIpc) is 2.93. The molecule has 3 rings (SSSR count). The Morgan fingerprint density at radius 2 is 2.05 bits per heavy atom. The lowest BCUT2D eigenvalue weighted by molar-refractivity contribution is 0.104. The predicted molar refractivity (Wildman–Crippen MR) is 78.0 cm³/mol. The van der Waals surface area contributed by atoms with Crippen LogP contribution in [0.25, 0.3) is 0 Å². The molecule has 2 aliphatic rings. The third kappa shape index (κ3) is 3.02. The van der Waals surface area contributed by atoms with Gasteiger partial charge in [-0.3, -0.25) is 4.79 Å². The fourth-order valence-electron chi connectivity index (χ4n) is 4.05. The van der Waals surface area contributed by atoms with E-state index < -0.39 is 0 Å². The molecule has 1 aromatic heterocycles. The molecule has 0 radical (unpaired) electrons. The normalized spacial score (nSPS) is 24.7. The number of carbonyl (C=O) groups is 1. The van der Waals surface area contributed by atoms with Crippen LogP contribution in [0.15, 0.2) is 18.3 Å². The fraction of sp³-hybridized carbons (Fsp3) is 0.647. The van der Waals surface area contributed by atoms with E-state index in [2.05, 4.69) is 4.98 Å². The highest BCUT2D eigenvalue weighted by Gasteiger charge is 2.38. The van der Waals surface area contributed by atoms with Crippen LogP contribution in [-0.4, -0.2) is 17.9 Å². The van der Waals surface area contributed by atoms with Crippen LogP contribution >= 0.6 is 0 Å². The van der Waals surface area contributed by atoms with Crippen LogP contribution in [0.1, 0.15) is 61.7 Å². The Morgan fingerprint density at radius 1 is 1.25 bits per heavy atom. The molecule has 2 fully saturated rings. The van der Waals surface area contributed by atoms with E-state index in [1.54, 1.807) is 18.3 Å². The van der Waals surface area contributed by atoms with Crippen molar-refractivity contribution in [3.63, 3.8) is 0 Å². The number of aldehydes is 1. The fourth-order valence-corrected chi connectivity index (χ4v) is 4.05. The van der Waals surface area contributed by atoms with Gasteiger partial charge < -0.3 is 4.74 Å². The van der Waals surface area contributed by atoms with Gasteiger partial charge in [0.1, 0.15) is 0 Å². The first kappa shape index (κ1) is 13.6. The van der Waals surface area contributed by atoms with E-state index in [4.69, 9.17) is 4.74 Å². The van der Waals surface area contributed by atoms with Crippen LogP contribution < -0.4 is 4.74 Å². The van der Waals surface area contributed by atoms with Gasteiger partial charge in [-0.25, -0.2) is 4.98 Å². The van der Waals surface area contributed by atoms with Gasteiger partial charge in [0, 0.05) is 17.8 Å². The number of nitrogens with zero attached hydrogens (tertiary/aromatic N) is 1. The molecule has 0 bridgehead atoms. The summed E-state index contributed by atoms with van der Waals surface area (Å²) >= 11 is 0. The minimum absolute atomic E-state index is 0.597. The molecule has 1 aromatic rings. The summed E-state index contributed by atoms with van der Waals surface area (Å²) in [5, 5.41) is 0. The highest BCUT2D eigenvalue weighted by molar-refractivity contribution is 5.73. The molecule has 1 heterocycles. The summed E-state index contributed by atoms with van der Waals surface area (Å²) < 4.78 is 5.82. The van der Waals surface area contributed by atoms with Gasteiger partial charge in [-0.1, -0.05) is 19.3 Å². The van der Waals surface area contributed by atoms with Gasteiger partial charge in [0.25, 0.3) is 0 Å². The molecule has 0 N–H and O–H groups in total. The summed E-state index contributed by atoms with van der Waals surface area (Å²) in [6.07, 6.45) is 13.5. The van der Waals surface area contributed by atoms with Gasteiger partial charge in [-0.2, -0.15) is 0 Å². The minimum Gasteiger partial charge on any atom is -0.477 e. The Hall–Kier alpha value is -1.38. The van der Waals surface area contributed by atoms with E-state index >= 15 is 0 Å². The quantitative estimate of drug-likeness (QED) is 0.778. The van der Waals surface area contributed by atoms with Crippen molar-refractivity contribution < 1.29 is 9.53 Å². The van der Waals surface area contributed by atoms with Crippen molar-refractivity contribution in [1.82, 2.24) is 4.98 Å². The highest BCUT2D eigenvalue weighted by Crippen LogP contribution is 2.50. The molecule has 2 saturated carbocycles. The number of ether oxygens (including phenoxy) is 1. The van der Waals surface area contributed by atoms with E-state index in [0.29, 0.717) is 22.8 Å². The van der Waals surface area contributed by atoms with Crippen LogP contribution in [0.4, 0.5) is 0 Å². The van der Waals surface area contributed by atoms with E-state index in [1.807, 2.05) is 0 Å². The van der Waals surface area contributed by atoms with Crippen LogP contribution in [-0.2, 0) is 0 Å². The Morgan fingerprint density at radius 3 is 2.75 bits per heavy atom. The standard InChI is InChI=1S/C17H23NO2/c19-12-15-5-6-16(18-11-15)20-13-14-4-3-9-17(10-14)7-1-2-8-17/h5-6,11-12,14H,1-4,7-10,13H2. The molecule has 0 saturated heterocycles. The molecule has 108 valence electrons. The molecule has 0 amide bonds. The smallest absolute Gasteiger partial charge is 0.213 e. The molecule has 1 unspecified atom stereocenters. The number of hydrogen-bond acceptors (Lipinski definition) is 3. The summed E-state index contributed by atoms with van der Waals surface area (Å²) in [7, 11) is 0. The zero-order valence-electron chi connectivity index (χ0n) is 12.0. The second-order valence-electron chi connectivity index (χ2n) is 6.53. The Labute approximate surface area is 120 Å². The van der Waals surface area contributed by atoms with E-state index in [0.717, 1.165) is 12.9 Å². The van der Waals surface area contributed by atoms with Crippen molar-refractivity contribution in [2.24, 2.45) is 11.3 Å². The topological polar surface area (TPSA) is 39.2 Å². The molecule has 2 aliphatic carbocycles.